The van der Waals surface area contributed by atoms with E-state index in [9.17, 15) is 9.59 Å². The lowest BCUT2D eigenvalue weighted by Gasteiger charge is -2.36. The van der Waals surface area contributed by atoms with E-state index < -0.39 is 11.9 Å². The number of hydrogen-bond acceptors (Lipinski definition) is 4. The Morgan fingerprint density at radius 2 is 1.35 bits per heavy atom. The third kappa shape index (κ3) is 11.1. The molecule has 4 heteroatoms. The molecular weight excluding hydrogens is 496 g/mol. The molecule has 1 saturated carbocycles. The second-order valence-electron chi connectivity index (χ2n) is 13.1. The lowest BCUT2D eigenvalue weighted by Crippen LogP contribution is -2.41. The van der Waals surface area contributed by atoms with Gasteiger partial charge in [0, 0.05) is 17.9 Å². The number of unbranched alkanes of at least 4 members (excludes halogenated alkanes) is 12. The largest absolute Gasteiger partial charge is 0.390 e. The van der Waals surface area contributed by atoms with Crippen molar-refractivity contribution in [2.24, 2.45) is 5.41 Å². The topological polar surface area (TPSA) is 55.9 Å². The SMILES string of the molecule is CCCCCCCCCCCCCCCC(=O)OC(=O)/C=C(C)/C=C/C=C(C)/C=C/C12OC1(C)CCCC2(C)C. The van der Waals surface area contributed by atoms with Gasteiger partial charge >= 0.3 is 11.9 Å². The highest BCUT2D eigenvalue weighted by molar-refractivity contribution is 5.92. The Morgan fingerprint density at radius 3 is 1.93 bits per heavy atom. The van der Waals surface area contributed by atoms with E-state index in [0.29, 0.717) is 6.42 Å². The molecule has 0 spiro atoms. The predicted octanol–water partition coefficient (Wildman–Crippen LogP) is 10.3. The van der Waals surface area contributed by atoms with Crippen molar-refractivity contribution in [3.8, 4) is 0 Å². The first-order valence-corrected chi connectivity index (χ1v) is 16.2. The lowest BCUT2D eigenvalue weighted by atomic mass is 9.64. The molecule has 2 rings (SSSR count). The molecule has 1 aliphatic heterocycles. The molecule has 2 unspecified atom stereocenters. The smallest absolute Gasteiger partial charge is 0.338 e. The van der Waals surface area contributed by atoms with Gasteiger partial charge in [0.15, 0.2) is 0 Å². The standard InChI is InChI=1S/C36H58O4/c1-7-8-9-10-11-12-13-14-15-16-17-18-19-24-32(37)39-33(38)29-31(3)23-20-22-30(2)25-28-36-34(4,5)26-21-27-35(36,6)40-36/h20,22-23,25,28-29H,7-19,21,24,26-27H2,1-6H3/b23-20+,28-25+,30-22+,31-29+. The lowest BCUT2D eigenvalue weighted by molar-refractivity contribution is -0.156. The van der Waals surface area contributed by atoms with Crippen LogP contribution in [0.25, 0.3) is 0 Å². The fourth-order valence-electron chi connectivity index (χ4n) is 6.28. The van der Waals surface area contributed by atoms with Gasteiger partial charge in [-0.15, -0.1) is 0 Å². The summed E-state index contributed by atoms with van der Waals surface area (Å²) in [6, 6.07) is 0. The highest BCUT2D eigenvalue weighted by Crippen LogP contribution is 2.66. The Morgan fingerprint density at radius 1 is 0.775 bits per heavy atom. The quantitative estimate of drug-likeness (QED) is 0.0398. The molecule has 0 aromatic carbocycles. The molecule has 2 atom stereocenters. The number of carbonyl (C=O) groups excluding carboxylic acids is 2. The first-order chi connectivity index (χ1) is 19.1. The van der Waals surface area contributed by atoms with Gasteiger partial charge in [-0.1, -0.05) is 128 Å². The van der Waals surface area contributed by atoms with Crippen molar-refractivity contribution in [2.45, 2.75) is 162 Å². The third-order valence-corrected chi connectivity index (χ3v) is 8.93. The summed E-state index contributed by atoms with van der Waals surface area (Å²) in [4.78, 5) is 24.1. The van der Waals surface area contributed by atoms with Crippen LogP contribution in [0.4, 0.5) is 0 Å². The van der Waals surface area contributed by atoms with E-state index in [-0.39, 0.29) is 16.6 Å². The molecule has 1 heterocycles. The van der Waals surface area contributed by atoms with Gasteiger partial charge in [-0.2, -0.15) is 0 Å². The van der Waals surface area contributed by atoms with Crippen LogP contribution < -0.4 is 0 Å². The van der Waals surface area contributed by atoms with Crippen molar-refractivity contribution in [1.29, 1.82) is 0 Å². The fraction of sp³-hybridized carbons (Fsp3) is 0.722. The van der Waals surface area contributed by atoms with Crippen molar-refractivity contribution < 1.29 is 19.1 Å². The highest BCUT2D eigenvalue weighted by Gasteiger charge is 2.73. The predicted molar refractivity (Wildman–Crippen MR) is 167 cm³/mol. The van der Waals surface area contributed by atoms with Gasteiger partial charge in [-0.3, -0.25) is 4.79 Å². The van der Waals surface area contributed by atoms with Crippen molar-refractivity contribution in [3.63, 3.8) is 0 Å². The third-order valence-electron chi connectivity index (χ3n) is 8.93. The summed E-state index contributed by atoms with van der Waals surface area (Å²) < 4.78 is 11.3. The maximum atomic E-state index is 12.1. The Balaban J connectivity index is 1.58. The van der Waals surface area contributed by atoms with Gasteiger partial charge in [-0.25, -0.2) is 4.79 Å². The average molecular weight is 555 g/mol. The number of hydrogen-bond donors (Lipinski definition) is 0. The summed E-state index contributed by atoms with van der Waals surface area (Å²) in [5.74, 6) is -1.02. The minimum absolute atomic E-state index is 0.0365. The second kappa shape index (κ2) is 17.1. The number of fused-ring (bicyclic) bond motifs is 1. The molecule has 4 nitrogen and oxygen atoms in total. The van der Waals surface area contributed by atoms with Crippen LogP contribution in [0.5, 0.6) is 0 Å². The van der Waals surface area contributed by atoms with E-state index in [2.05, 4.69) is 46.8 Å². The molecule has 0 bridgehead atoms. The summed E-state index contributed by atoms with van der Waals surface area (Å²) in [5, 5.41) is 0. The summed E-state index contributed by atoms with van der Waals surface area (Å²) in [6.45, 7) is 13.0. The minimum Gasteiger partial charge on any atom is -0.390 e. The summed E-state index contributed by atoms with van der Waals surface area (Å²) in [5.41, 5.74) is 1.79. The van der Waals surface area contributed by atoms with Gasteiger partial charge in [-0.05, 0) is 58.1 Å². The number of esters is 2. The monoisotopic (exact) mass is 554 g/mol. The maximum Gasteiger partial charge on any atom is 0.338 e. The first kappa shape index (κ1) is 34.3. The number of allylic oxidation sites excluding steroid dienone is 6. The Hall–Kier alpha value is -1.94. The van der Waals surface area contributed by atoms with E-state index in [0.717, 1.165) is 36.8 Å². The number of ether oxygens (including phenoxy) is 2. The number of epoxide rings is 1. The second-order valence-corrected chi connectivity index (χ2v) is 13.1. The number of rotatable bonds is 19. The molecule has 40 heavy (non-hydrogen) atoms. The summed E-state index contributed by atoms with van der Waals surface area (Å²) >= 11 is 0. The maximum absolute atomic E-state index is 12.1. The molecule has 0 radical (unpaired) electrons. The van der Waals surface area contributed by atoms with Crippen LogP contribution in [0.2, 0.25) is 0 Å². The Kier molecular flexibility index (Phi) is 14.7. The molecule has 2 aliphatic rings. The van der Waals surface area contributed by atoms with Gasteiger partial charge in [0.1, 0.15) is 5.60 Å². The van der Waals surface area contributed by atoms with E-state index >= 15 is 0 Å². The van der Waals surface area contributed by atoms with Gasteiger partial charge in [0.2, 0.25) is 0 Å². The van der Waals surface area contributed by atoms with E-state index in [4.69, 9.17) is 9.47 Å². The van der Waals surface area contributed by atoms with Crippen LogP contribution in [0.15, 0.2) is 47.6 Å². The zero-order valence-electron chi connectivity index (χ0n) is 26.6. The molecule has 2 fully saturated rings. The zero-order valence-corrected chi connectivity index (χ0v) is 26.6. The Bertz CT molecular complexity index is 921. The average Bonchev–Trinajstić information content (AvgIpc) is 3.52. The minimum atomic E-state index is -0.591. The van der Waals surface area contributed by atoms with E-state index in [1.165, 1.54) is 83.1 Å². The molecular formula is C36H58O4. The summed E-state index contributed by atoms with van der Waals surface area (Å²) in [7, 11) is 0. The van der Waals surface area contributed by atoms with Crippen LogP contribution in [-0.4, -0.2) is 23.1 Å². The molecule has 0 N–H and O–H groups in total. The van der Waals surface area contributed by atoms with Crippen molar-refractivity contribution >= 4 is 11.9 Å². The van der Waals surface area contributed by atoms with Gasteiger partial charge in [0.05, 0.1) is 5.60 Å². The highest BCUT2D eigenvalue weighted by atomic mass is 16.6. The number of carbonyl (C=O) groups is 2. The zero-order chi connectivity index (χ0) is 29.5. The molecule has 0 amide bonds. The molecule has 0 aromatic rings. The van der Waals surface area contributed by atoms with Crippen molar-refractivity contribution in [3.05, 3.63) is 47.6 Å². The normalized spacial score (nSPS) is 24.4. The van der Waals surface area contributed by atoms with Crippen LogP contribution in [-0.2, 0) is 19.1 Å². The molecule has 0 aromatic heterocycles. The van der Waals surface area contributed by atoms with Crippen molar-refractivity contribution in [1.82, 2.24) is 0 Å². The fourth-order valence-corrected chi connectivity index (χ4v) is 6.28. The van der Waals surface area contributed by atoms with E-state index in [1.54, 1.807) is 0 Å². The van der Waals surface area contributed by atoms with Crippen molar-refractivity contribution in [2.75, 3.05) is 0 Å². The van der Waals surface area contributed by atoms with Gasteiger partial charge < -0.3 is 9.47 Å². The molecule has 226 valence electrons. The van der Waals surface area contributed by atoms with Crippen LogP contribution >= 0.6 is 0 Å². The first-order valence-electron chi connectivity index (χ1n) is 16.2. The molecule has 1 saturated heterocycles. The summed E-state index contributed by atoms with van der Waals surface area (Å²) in [6.07, 6.45) is 31.8. The van der Waals surface area contributed by atoms with Crippen LogP contribution in [0.1, 0.15) is 151 Å². The van der Waals surface area contributed by atoms with Gasteiger partial charge in [0.25, 0.3) is 0 Å². The molecule has 1 aliphatic carbocycles. The Labute approximate surface area is 245 Å². The van der Waals surface area contributed by atoms with Crippen LogP contribution in [0, 0.1) is 5.41 Å². The van der Waals surface area contributed by atoms with Crippen LogP contribution in [0.3, 0.4) is 0 Å². The van der Waals surface area contributed by atoms with E-state index in [1.807, 2.05) is 25.2 Å².